The fourth-order valence-electron chi connectivity index (χ4n) is 2.16. The number of hydrogen-bond acceptors (Lipinski definition) is 5. The molecular weight excluding hydrogens is 280 g/mol. The molecule has 1 unspecified atom stereocenters. The third-order valence-corrected chi connectivity index (χ3v) is 5.12. The number of hydrogen-bond donors (Lipinski definition) is 1. The molecule has 1 aromatic rings. The average molecular weight is 300 g/mol. The molecule has 0 radical (unpaired) electrons. The van der Waals surface area contributed by atoms with Crippen LogP contribution in [0.2, 0.25) is 0 Å². The van der Waals surface area contributed by atoms with Crippen LogP contribution < -0.4 is 9.47 Å². The van der Waals surface area contributed by atoms with Gasteiger partial charge in [0.15, 0.2) is 11.5 Å². The van der Waals surface area contributed by atoms with Gasteiger partial charge in [0.1, 0.15) is 23.1 Å². The molecule has 112 valence electrons. The Bertz CT molecular complexity index is 553. The number of para-hydroxylation sites is 1. The van der Waals surface area contributed by atoms with Crippen LogP contribution in [0, 0.1) is 0 Å². The molecule has 0 spiro atoms. The lowest BCUT2D eigenvalue weighted by atomic mass is 10.0. The molecule has 1 aliphatic rings. The van der Waals surface area contributed by atoms with E-state index >= 15 is 0 Å². The number of ether oxygens (including phenoxy) is 2. The minimum Gasteiger partial charge on any atom is -0.486 e. The molecule has 5 nitrogen and oxygen atoms in total. The van der Waals surface area contributed by atoms with Gasteiger partial charge in [-0.25, -0.2) is 8.42 Å². The van der Waals surface area contributed by atoms with E-state index in [1.807, 2.05) is 0 Å². The predicted molar refractivity (Wildman–Crippen MR) is 76.0 cm³/mol. The van der Waals surface area contributed by atoms with E-state index in [0.717, 1.165) is 0 Å². The van der Waals surface area contributed by atoms with E-state index in [1.54, 1.807) is 25.1 Å². The summed E-state index contributed by atoms with van der Waals surface area (Å²) >= 11 is 0. The van der Waals surface area contributed by atoms with Crippen LogP contribution in [0.15, 0.2) is 18.2 Å². The number of rotatable bonds is 6. The van der Waals surface area contributed by atoms with E-state index in [0.29, 0.717) is 43.1 Å². The van der Waals surface area contributed by atoms with Crippen molar-refractivity contribution in [2.45, 2.75) is 25.9 Å². The summed E-state index contributed by atoms with van der Waals surface area (Å²) in [5.41, 5.74) is 0.663. The lowest BCUT2D eigenvalue weighted by Gasteiger charge is -2.23. The third kappa shape index (κ3) is 3.64. The molecule has 0 saturated heterocycles. The largest absolute Gasteiger partial charge is 0.486 e. The average Bonchev–Trinajstić information content (AvgIpc) is 2.46. The predicted octanol–water partition coefficient (Wildman–Crippen LogP) is 1.71. The maximum absolute atomic E-state index is 11.4. The van der Waals surface area contributed by atoms with E-state index in [9.17, 15) is 13.5 Å². The minimum atomic E-state index is -2.98. The quantitative estimate of drug-likeness (QED) is 0.866. The molecule has 1 aliphatic heterocycles. The first-order valence-electron chi connectivity index (χ1n) is 6.80. The number of fused-ring (bicyclic) bond motifs is 1. The summed E-state index contributed by atoms with van der Waals surface area (Å²) in [6, 6.07) is 5.38. The number of benzene rings is 1. The Morgan fingerprint density at radius 2 is 2.05 bits per heavy atom. The van der Waals surface area contributed by atoms with Gasteiger partial charge < -0.3 is 14.6 Å². The van der Waals surface area contributed by atoms with Crippen molar-refractivity contribution in [3.8, 4) is 11.5 Å². The topological polar surface area (TPSA) is 72.8 Å². The van der Waals surface area contributed by atoms with Crippen LogP contribution in [-0.2, 0) is 9.84 Å². The first-order chi connectivity index (χ1) is 9.53. The summed E-state index contributed by atoms with van der Waals surface area (Å²) in [7, 11) is -2.98. The van der Waals surface area contributed by atoms with Crippen LogP contribution in [0.1, 0.15) is 31.4 Å². The second-order valence-corrected chi connectivity index (χ2v) is 7.24. The van der Waals surface area contributed by atoms with Crippen molar-refractivity contribution in [1.29, 1.82) is 0 Å². The number of aliphatic hydroxyl groups is 1. The van der Waals surface area contributed by atoms with E-state index in [1.165, 1.54) is 0 Å². The molecular formula is C14H20O5S. The highest BCUT2D eigenvalue weighted by molar-refractivity contribution is 7.91. The minimum absolute atomic E-state index is 0.104. The standard InChI is InChI=1S/C14H20O5S/c1-2-20(16,17)10-4-6-12(15)11-5-3-7-13-14(11)19-9-8-18-13/h3,5,7,12,15H,2,4,6,8-10H2,1H3. The van der Waals surface area contributed by atoms with E-state index in [-0.39, 0.29) is 11.5 Å². The van der Waals surface area contributed by atoms with Crippen LogP contribution in [0.5, 0.6) is 11.5 Å². The maximum atomic E-state index is 11.4. The lowest BCUT2D eigenvalue weighted by molar-refractivity contribution is 0.140. The Balaban J connectivity index is 2.01. The van der Waals surface area contributed by atoms with Crippen molar-refractivity contribution in [1.82, 2.24) is 0 Å². The van der Waals surface area contributed by atoms with Crippen molar-refractivity contribution < 1.29 is 23.0 Å². The van der Waals surface area contributed by atoms with Crippen LogP contribution in [0.4, 0.5) is 0 Å². The van der Waals surface area contributed by atoms with Gasteiger partial charge in [-0.1, -0.05) is 19.1 Å². The molecule has 2 rings (SSSR count). The van der Waals surface area contributed by atoms with Crippen LogP contribution in [-0.4, -0.2) is 38.2 Å². The number of sulfone groups is 1. The zero-order chi connectivity index (χ0) is 14.6. The van der Waals surface area contributed by atoms with Gasteiger partial charge in [-0.15, -0.1) is 0 Å². The molecule has 0 amide bonds. The van der Waals surface area contributed by atoms with Gasteiger partial charge in [-0.2, -0.15) is 0 Å². The molecule has 6 heteroatoms. The number of aliphatic hydroxyl groups excluding tert-OH is 1. The van der Waals surface area contributed by atoms with Crippen molar-refractivity contribution in [3.05, 3.63) is 23.8 Å². The fourth-order valence-corrected chi connectivity index (χ4v) is 3.05. The van der Waals surface area contributed by atoms with Gasteiger partial charge in [-0.3, -0.25) is 0 Å². The highest BCUT2D eigenvalue weighted by Gasteiger charge is 2.20. The first kappa shape index (κ1) is 15.1. The van der Waals surface area contributed by atoms with Crippen LogP contribution in [0.25, 0.3) is 0 Å². The fraction of sp³-hybridized carbons (Fsp3) is 0.571. The van der Waals surface area contributed by atoms with E-state index in [4.69, 9.17) is 9.47 Å². The normalized spacial score (nSPS) is 15.9. The molecule has 0 saturated carbocycles. The van der Waals surface area contributed by atoms with Gasteiger partial charge in [-0.05, 0) is 18.9 Å². The van der Waals surface area contributed by atoms with E-state index < -0.39 is 15.9 Å². The van der Waals surface area contributed by atoms with Gasteiger partial charge in [0.25, 0.3) is 0 Å². The summed E-state index contributed by atoms with van der Waals surface area (Å²) in [5, 5.41) is 10.2. The van der Waals surface area contributed by atoms with Gasteiger partial charge >= 0.3 is 0 Å². The SMILES string of the molecule is CCS(=O)(=O)CCCC(O)c1cccc2c1OCCO2. The molecule has 20 heavy (non-hydrogen) atoms. The van der Waals surface area contributed by atoms with Crippen molar-refractivity contribution in [2.75, 3.05) is 24.7 Å². The molecule has 1 N–H and O–H groups in total. The van der Waals surface area contributed by atoms with Gasteiger partial charge in [0, 0.05) is 11.3 Å². The van der Waals surface area contributed by atoms with E-state index in [2.05, 4.69) is 0 Å². The van der Waals surface area contributed by atoms with Crippen LogP contribution in [0.3, 0.4) is 0 Å². The first-order valence-corrected chi connectivity index (χ1v) is 8.62. The Hall–Kier alpha value is -1.27. The molecule has 1 atom stereocenters. The lowest BCUT2D eigenvalue weighted by Crippen LogP contribution is -2.17. The Morgan fingerprint density at radius 1 is 1.30 bits per heavy atom. The monoisotopic (exact) mass is 300 g/mol. The Labute approximate surface area is 119 Å². The highest BCUT2D eigenvalue weighted by Crippen LogP contribution is 2.38. The molecule has 1 heterocycles. The summed E-state index contributed by atoms with van der Waals surface area (Å²) in [4.78, 5) is 0. The molecule has 0 aliphatic carbocycles. The zero-order valence-corrected chi connectivity index (χ0v) is 12.4. The Morgan fingerprint density at radius 3 is 2.80 bits per heavy atom. The smallest absolute Gasteiger partial charge is 0.167 e. The summed E-state index contributed by atoms with van der Waals surface area (Å²) in [6.07, 6.45) is 0.0830. The zero-order valence-electron chi connectivity index (χ0n) is 11.5. The molecule has 1 aromatic carbocycles. The van der Waals surface area contributed by atoms with Crippen molar-refractivity contribution in [3.63, 3.8) is 0 Å². The molecule has 0 bridgehead atoms. The Kier molecular flexibility index (Phi) is 4.88. The summed E-state index contributed by atoms with van der Waals surface area (Å²) in [6.45, 7) is 2.59. The second kappa shape index (κ2) is 6.45. The van der Waals surface area contributed by atoms with Crippen LogP contribution >= 0.6 is 0 Å². The summed E-state index contributed by atoms with van der Waals surface area (Å²) in [5.74, 6) is 1.45. The van der Waals surface area contributed by atoms with Gasteiger partial charge in [0.2, 0.25) is 0 Å². The van der Waals surface area contributed by atoms with Gasteiger partial charge in [0.05, 0.1) is 11.9 Å². The maximum Gasteiger partial charge on any atom is 0.167 e. The van der Waals surface area contributed by atoms with Crippen molar-refractivity contribution >= 4 is 9.84 Å². The van der Waals surface area contributed by atoms with Crippen molar-refractivity contribution in [2.24, 2.45) is 0 Å². The summed E-state index contributed by atoms with van der Waals surface area (Å²) < 4.78 is 33.8. The highest BCUT2D eigenvalue weighted by atomic mass is 32.2. The third-order valence-electron chi connectivity index (χ3n) is 3.33. The molecule has 0 fully saturated rings. The second-order valence-electron chi connectivity index (χ2n) is 4.77. The molecule has 0 aromatic heterocycles.